The molecule has 1 atom stereocenters. The van der Waals surface area contributed by atoms with Crippen molar-refractivity contribution in [2.75, 3.05) is 11.4 Å². The first-order valence-corrected chi connectivity index (χ1v) is 7.43. The van der Waals surface area contributed by atoms with Crippen molar-refractivity contribution < 1.29 is 4.79 Å². The van der Waals surface area contributed by atoms with E-state index in [1.54, 1.807) is 12.3 Å². The summed E-state index contributed by atoms with van der Waals surface area (Å²) >= 11 is 0. The molecule has 1 N–H and O–H groups in total. The van der Waals surface area contributed by atoms with E-state index >= 15 is 0 Å². The number of hydrogen-bond acceptors (Lipinski definition) is 3. The number of rotatable bonds is 4. The summed E-state index contributed by atoms with van der Waals surface area (Å²) in [5.74, 6) is -0.179. The van der Waals surface area contributed by atoms with E-state index in [1.807, 2.05) is 18.2 Å². The van der Waals surface area contributed by atoms with Gasteiger partial charge in [0.15, 0.2) is 0 Å². The second-order valence-electron chi connectivity index (χ2n) is 5.45. The van der Waals surface area contributed by atoms with Gasteiger partial charge >= 0.3 is 0 Å². The predicted octanol–water partition coefficient (Wildman–Crippen LogP) is 3.08. The van der Waals surface area contributed by atoms with E-state index in [1.165, 1.54) is 11.3 Å². The molecule has 2 heterocycles. The molecule has 1 amide bonds. The highest BCUT2D eigenvalue weighted by atomic mass is 16.1. The van der Waals surface area contributed by atoms with Crippen molar-refractivity contribution in [3.05, 3.63) is 66.5 Å². The average Bonchev–Trinajstić information content (AvgIpc) is 2.88. The Morgan fingerprint density at radius 2 is 2.27 bits per heavy atom. The molecule has 4 nitrogen and oxygen atoms in total. The standard InChI is InChI=1S/C18H19N3O/c1-3-9-20-18(22)16-12-15(8-10-19-16)21-13(2)11-14-6-4-5-7-17(14)21/h3-8,10,12-13H,1,9,11H2,2H3,(H,20,22). The zero-order valence-corrected chi connectivity index (χ0v) is 12.6. The van der Waals surface area contributed by atoms with Crippen molar-refractivity contribution in [1.82, 2.24) is 10.3 Å². The van der Waals surface area contributed by atoms with Gasteiger partial charge < -0.3 is 10.2 Å². The maximum Gasteiger partial charge on any atom is 0.270 e. The van der Waals surface area contributed by atoms with Crippen LogP contribution in [0.5, 0.6) is 0 Å². The van der Waals surface area contributed by atoms with Crippen LogP contribution in [0.25, 0.3) is 0 Å². The van der Waals surface area contributed by atoms with E-state index in [9.17, 15) is 4.79 Å². The van der Waals surface area contributed by atoms with Crippen LogP contribution >= 0.6 is 0 Å². The van der Waals surface area contributed by atoms with Gasteiger partial charge in [0.1, 0.15) is 5.69 Å². The molecule has 1 aliphatic heterocycles. The third-order valence-corrected chi connectivity index (χ3v) is 3.87. The lowest BCUT2D eigenvalue weighted by atomic mass is 10.1. The third-order valence-electron chi connectivity index (χ3n) is 3.87. The van der Waals surface area contributed by atoms with Crippen molar-refractivity contribution in [2.45, 2.75) is 19.4 Å². The maximum absolute atomic E-state index is 12.1. The number of aromatic nitrogens is 1. The first-order valence-electron chi connectivity index (χ1n) is 7.43. The molecule has 2 aromatic rings. The number of pyridine rings is 1. The Balaban J connectivity index is 1.92. The number of nitrogens with zero attached hydrogens (tertiary/aromatic N) is 2. The van der Waals surface area contributed by atoms with Crippen molar-refractivity contribution >= 4 is 17.3 Å². The summed E-state index contributed by atoms with van der Waals surface area (Å²) < 4.78 is 0. The summed E-state index contributed by atoms with van der Waals surface area (Å²) in [5, 5.41) is 2.76. The quantitative estimate of drug-likeness (QED) is 0.881. The van der Waals surface area contributed by atoms with E-state index in [2.05, 4.69) is 46.9 Å². The Bertz CT molecular complexity index is 711. The van der Waals surface area contributed by atoms with E-state index in [-0.39, 0.29) is 5.91 Å². The molecule has 1 aliphatic rings. The molecular formula is C18H19N3O. The first-order chi connectivity index (χ1) is 10.7. The van der Waals surface area contributed by atoms with Crippen LogP contribution in [0.2, 0.25) is 0 Å². The number of anilines is 2. The van der Waals surface area contributed by atoms with Crippen molar-refractivity contribution in [1.29, 1.82) is 0 Å². The first kappa shape index (κ1) is 14.3. The number of nitrogens with one attached hydrogen (secondary N) is 1. The van der Waals surface area contributed by atoms with Crippen LogP contribution in [0.4, 0.5) is 11.4 Å². The van der Waals surface area contributed by atoms with Gasteiger partial charge in [-0.2, -0.15) is 0 Å². The Labute approximate surface area is 130 Å². The second kappa shape index (κ2) is 6.02. The van der Waals surface area contributed by atoms with Gasteiger partial charge in [0.2, 0.25) is 0 Å². The number of para-hydroxylation sites is 1. The van der Waals surface area contributed by atoms with Crippen LogP contribution in [0, 0.1) is 0 Å². The molecule has 1 aromatic heterocycles. The third kappa shape index (κ3) is 2.60. The fraction of sp³-hybridized carbons (Fsp3) is 0.222. The Morgan fingerprint density at radius 1 is 1.45 bits per heavy atom. The number of carbonyl (C=O) groups excluding carboxylic acids is 1. The van der Waals surface area contributed by atoms with Crippen LogP contribution < -0.4 is 10.2 Å². The smallest absolute Gasteiger partial charge is 0.270 e. The largest absolute Gasteiger partial charge is 0.347 e. The van der Waals surface area contributed by atoms with Gasteiger partial charge in [-0.25, -0.2) is 0 Å². The van der Waals surface area contributed by atoms with Crippen LogP contribution in [0.1, 0.15) is 23.0 Å². The molecular weight excluding hydrogens is 274 g/mol. The van der Waals surface area contributed by atoms with Gasteiger partial charge in [0.25, 0.3) is 5.91 Å². The van der Waals surface area contributed by atoms with Crippen LogP contribution in [-0.4, -0.2) is 23.5 Å². The molecule has 1 unspecified atom stereocenters. The lowest BCUT2D eigenvalue weighted by Crippen LogP contribution is -2.26. The molecule has 3 rings (SSSR count). The minimum absolute atomic E-state index is 0.179. The minimum Gasteiger partial charge on any atom is -0.347 e. The normalized spacial score (nSPS) is 16.2. The lowest BCUT2D eigenvalue weighted by Gasteiger charge is -2.25. The molecule has 0 bridgehead atoms. The topological polar surface area (TPSA) is 45.2 Å². The number of fused-ring (bicyclic) bond motifs is 1. The molecule has 0 spiro atoms. The highest BCUT2D eigenvalue weighted by Crippen LogP contribution is 2.37. The molecule has 22 heavy (non-hydrogen) atoms. The molecule has 4 heteroatoms. The zero-order chi connectivity index (χ0) is 15.5. The summed E-state index contributed by atoms with van der Waals surface area (Å²) in [6, 6.07) is 12.5. The number of benzene rings is 1. The van der Waals surface area contributed by atoms with Crippen LogP contribution in [0.15, 0.2) is 55.3 Å². The average molecular weight is 293 g/mol. The molecule has 0 radical (unpaired) electrons. The van der Waals surface area contributed by atoms with Gasteiger partial charge in [0, 0.05) is 30.2 Å². The Kier molecular flexibility index (Phi) is 3.92. The number of hydrogen-bond donors (Lipinski definition) is 1. The summed E-state index contributed by atoms with van der Waals surface area (Å²) in [4.78, 5) is 18.5. The molecule has 0 fully saturated rings. The van der Waals surface area contributed by atoms with E-state index < -0.39 is 0 Å². The van der Waals surface area contributed by atoms with E-state index in [4.69, 9.17) is 0 Å². The minimum atomic E-state index is -0.179. The summed E-state index contributed by atoms with van der Waals surface area (Å²) in [6.45, 7) is 6.23. The number of carbonyl (C=O) groups is 1. The van der Waals surface area contributed by atoms with Gasteiger partial charge in [-0.1, -0.05) is 24.3 Å². The molecule has 0 saturated heterocycles. The van der Waals surface area contributed by atoms with Crippen LogP contribution in [-0.2, 0) is 6.42 Å². The van der Waals surface area contributed by atoms with E-state index in [0.717, 1.165) is 12.1 Å². The van der Waals surface area contributed by atoms with Crippen molar-refractivity contribution in [3.8, 4) is 0 Å². The molecule has 112 valence electrons. The van der Waals surface area contributed by atoms with Gasteiger partial charge in [0.05, 0.1) is 0 Å². The molecule has 0 aliphatic carbocycles. The summed E-state index contributed by atoms with van der Waals surface area (Å²) in [6.07, 6.45) is 4.35. The Morgan fingerprint density at radius 3 is 3.09 bits per heavy atom. The second-order valence-corrected chi connectivity index (χ2v) is 5.45. The van der Waals surface area contributed by atoms with Crippen molar-refractivity contribution in [3.63, 3.8) is 0 Å². The summed E-state index contributed by atoms with van der Waals surface area (Å²) in [7, 11) is 0. The summed E-state index contributed by atoms with van der Waals surface area (Å²) in [5.41, 5.74) is 3.97. The Hall–Kier alpha value is -2.62. The molecule has 0 saturated carbocycles. The SMILES string of the molecule is C=CCNC(=O)c1cc(N2c3ccccc3CC2C)ccn1. The fourth-order valence-electron chi connectivity index (χ4n) is 2.91. The monoisotopic (exact) mass is 293 g/mol. The maximum atomic E-state index is 12.1. The predicted molar refractivity (Wildman–Crippen MR) is 88.5 cm³/mol. The van der Waals surface area contributed by atoms with Crippen LogP contribution in [0.3, 0.4) is 0 Å². The fourth-order valence-corrected chi connectivity index (χ4v) is 2.91. The number of amides is 1. The lowest BCUT2D eigenvalue weighted by molar-refractivity contribution is 0.0953. The molecule has 1 aromatic carbocycles. The van der Waals surface area contributed by atoms with Gasteiger partial charge in [-0.15, -0.1) is 6.58 Å². The van der Waals surface area contributed by atoms with Crippen molar-refractivity contribution in [2.24, 2.45) is 0 Å². The van der Waals surface area contributed by atoms with Gasteiger partial charge in [-0.05, 0) is 37.1 Å². The van der Waals surface area contributed by atoms with E-state index in [0.29, 0.717) is 18.3 Å². The van der Waals surface area contributed by atoms with Gasteiger partial charge in [-0.3, -0.25) is 9.78 Å². The highest BCUT2D eigenvalue weighted by molar-refractivity contribution is 5.93. The zero-order valence-electron chi connectivity index (χ0n) is 12.6. The highest BCUT2D eigenvalue weighted by Gasteiger charge is 2.27.